The van der Waals surface area contributed by atoms with Crippen molar-refractivity contribution < 1.29 is 33.2 Å². The van der Waals surface area contributed by atoms with E-state index in [1.807, 2.05) is 0 Å². The Hall–Kier alpha value is -3.55. The van der Waals surface area contributed by atoms with Gasteiger partial charge in [0.05, 0.1) is 21.3 Å². The molecule has 0 bridgehead atoms. The maximum absolute atomic E-state index is 12.7. The maximum atomic E-state index is 12.7. The van der Waals surface area contributed by atoms with Crippen LogP contribution in [0.3, 0.4) is 0 Å². The summed E-state index contributed by atoms with van der Waals surface area (Å²) in [6, 6.07) is 6.46. The molecule has 1 aliphatic rings. The Morgan fingerprint density at radius 3 is 2.33 bits per heavy atom. The monoisotopic (exact) mass is 372 g/mol. The van der Waals surface area contributed by atoms with Crippen molar-refractivity contribution in [3.05, 3.63) is 34.5 Å². The normalized spacial score (nSPS) is 12.3. The lowest BCUT2D eigenvalue weighted by Crippen LogP contribution is -2.05. The number of phenols is 1. The summed E-state index contributed by atoms with van der Waals surface area (Å²) in [7, 11) is 4.15. The number of rotatable bonds is 4. The van der Waals surface area contributed by atoms with Crippen LogP contribution >= 0.6 is 0 Å². The molecular weight excluding hydrogens is 356 g/mol. The predicted octanol–water partition coefficient (Wildman–Crippen LogP) is 2.92. The van der Waals surface area contributed by atoms with Crippen LogP contribution < -0.4 is 29.1 Å². The third-order valence-electron chi connectivity index (χ3n) is 4.29. The molecule has 0 fully saturated rings. The lowest BCUT2D eigenvalue weighted by atomic mass is 10.1. The minimum absolute atomic E-state index is 0.00928. The van der Waals surface area contributed by atoms with Crippen LogP contribution in [0.4, 0.5) is 0 Å². The van der Waals surface area contributed by atoms with Crippen molar-refractivity contribution in [2.75, 3.05) is 28.1 Å². The second kappa shape index (κ2) is 6.31. The third-order valence-corrected chi connectivity index (χ3v) is 4.29. The first-order chi connectivity index (χ1) is 13.1. The predicted molar refractivity (Wildman–Crippen MR) is 95.4 cm³/mol. The van der Waals surface area contributed by atoms with E-state index in [1.54, 1.807) is 18.2 Å². The van der Waals surface area contributed by atoms with Gasteiger partial charge in [0.25, 0.3) is 0 Å². The highest BCUT2D eigenvalue weighted by atomic mass is 16.7. The smallest absolute Gasteiger partial charge is 0.231 e. The van der Waals surface area contributed by atoms with E-state index < -0.39 is 5.43 Å². The summed E-state index contributed by atoms with van der Waals surface area (Å²) >= 11 is 0. The molecule has 0 radical (unpaired) electrons. The summed E-state index contributed by atoms with van der Waals surface area (Å²) in [6.45, 7) is 0.138. The molecule has 3 aromatic rings. The molecule has 0 amide bonds. The van der Waals surface area contributed by atoms with Gasteiger partial charge in [-0.2, -0.15) is 0 Å². The number of aromatic hydroxyl groups is 1. The SMILES string of the molecule is COc1c(OC)c(O)c2c(=O)cc(-c3ccc4c(c3)OCO4)oc2c1OC. The molecule has 2 heterocycles. The second-order valence-electron chi connectivity index (χ2n) is 5.70. The molecule has 2 aromatic carbocycles. The Kier molecular flexibility index (Phi) is 3.95. The number of phenolic OH excluding ortho intramolecular Hbond substituents is 1. The maximum Gasteiger partial charge on any atom is 0.231 e. The fourth-order valence-corrected chi connectivity index (χ4v) is 3.06. The molecule has 8 nitrogen and oxygen atoms in total. The molecule has 0 saturated carbocycles. The zero-order chi connectivity index (χ0) is 19.1. The number of hydrogen-bond acceptors (Lipinski definition) is 8. The average Bonchev–Trinajstić information content (AvgIpc) is 3.14. The minimum atomic E-state index is -0.458. The largest absolute Gasteiger partial charge is 0.504 e. The van der Waals surface area contributed by atoms with Crippen LogP contribution in [-0.4, -0.2) is 33.2 Å². The van der Waals surface area contributed by atoms with Gasteiger partial charge in [0, 0.05) is 11.6 Å². The summed E-state index contributed by atoms with van der Waals surface area (Å²) in [5, 5.41) is 10.4. The number of hydrogen-bond donors (Lipinski definition) is 1. The second-order valence-corrected chi connectivity index (χ2v) is 5.70. The quantitative estimate of drug-likeness (QED) is 0.747. The van der Waals surface area contributed by atoms with Crippen molar-refractivity contribution in [2.24, 2.45) is 0 Å². The molecule has 4 rings (SSSR count). The van der Waals surface area contributed by atoms with E-state index in [0.717, 1.165) is 0 Å². The Balaban J connectivity index is 2.02. The summed E-state index contributed by atoms with van der Waals surface area (Å²) in [6.07, 6.45) is 0. The van der Waals surface area contributed by atoms with Crippen molar-refractivity contribution >= 4 is 11.0 Å². The summed E-state index contributed by atoms with van der Waals surface area (Å²) in [4.78, 5) is 12.7. The van der Waals surface area contributed by atoms with E-state index in [4.69, 9.17) is 28.1 Å². The zero-order valence-electron chi connectivity index (χ0n) is 14.8. The summed E-state index contributed by atoms with van der Waals surface area (Å²) in [5.41, 5.74) is 0.197. The summed E-state index contributed by atoms with van der Waals surface area (Å²) in [5.74, 6) is 1.32. The van der Waals surface area contributed by atoms with Crippen LogP contribution in [0, 0.1) is 0 Å². The van der Waals surface area contributed by atoms with E-state index >= 15 is 0 Å². The first-order valence-corrected chi connectivity index (χ1v) is 7.97. The number of methoxy groups -OCH3 is 3. The van der Waals surface area contributed by atoms with Crippen molar-refractivity contribution in [3.8, 4) is 45.8 Å². The first kappa shape index (κ1) is 16.9. The molecule has 0 spiro atoms. The highest BCUT2D eigenvalue weighted by Crippen LogP contribution is 2.50. The number of benzene rings is 2. The number of fused-ring (bicyclic) bond motifs is 2. The van der Waals surface area contributed by atoms with Gasteiger partial charge in [-0.25, -0.2) is 0 Å². The van der Waals surface area contributed by atoms with Gasteiger partial charge in [0.2, 0.25) is 24.0 Å². The van der Waals surface area contributed by atoms with E-state index in [1.165, 1.54) is 27.4 Å². The molecule has 1 aliphatic heterocycles. The van der Waals surface area contributed by atoms with Crippen LogP contribution in [0.1, 0.15) is 0 Å². The van der Waals surface area contributed by atoms with Crippen LogP contribution in [0.15, 0.2) is 33.5 Å². The Bertz CT molecular complexity index is 1100. The topological polar surface area (TPSA) is 96.6 Å². The molecule has 0 saturated heterocycles. The average molecular weight is 372 g/mol. The van der Waals surface area contributed by atoms with Crippen molar-refractivity contribution in [3.63, 3.8) is 0 Å². The fourth-order valence-electron chi connectivity index (χ4n) is 3.06. The molecule has 0 atom stereocenters. The fraction of sp³-hybridized carbons (Fsp3) is 0.211. The first-order valence-electron chi connectivity index (χ1n) is 7.97. The summed E-state index contributed by atoms with van der Waals surface area (Å²) < 4.78 is 32.4. The zero-order valence-corrected chi connectivity index (χ0v) is 14.8. The van der Waals surface area contributed by atoms with Crippen LogP contribution in [0.2, 0.25) is 0 Å². The Morgan fingerprint density at radius 1 is 0.926 bits per heavy atom. The van der Waals surface area contributed by atoms with Gasteiger partial charge in [-0.1, -0.05) is 0 Å². The molecule has 27 heavy (non-hydrogen) atoms. The number of ether oxygens (including phenoxy) is 5. The molecule has 8 heteroatoms. The van der Waals surface area contributed by atoms with Gasteiger partial charge >= 0.3 is 0 Å². The van der Waals surface area contributed by atoms with Gasteiger partial charge < -0.3 is 33.2 Å². The van der Waals surface area contributed by atoms with Gasteiger partial charge in [0.1, 0.15) is 11.1 Å². The van der Waals surface area contributed by atoms with Gasteiger partial charge in [0.15, 0.2) is 28.3 Å². The molecule has 1 N–H and O–H groups in total. The van der Waals surface area contributed by atoms with Gasteiger partial charge in [-0.05, 0) is 18.2 Å². The molecular formula is C19H16O8. The lowest BCUT2D eigenvalue weighted by molar-refractivity contribution is 0.174. The van der Waals surface area contributed by atoms with E-state index in [0.29, 0.717) is 17.1 Å². The molecule has 0 unspecified atom stereocenters. The Morgan fingerprint density at radius 2 is 1.63 bits per heavy atom. The van der Waals surface area contributed by atoms with E-state index in [2.05, 4.69) is 0 Å². The van der Waals surface area contributed by atoms with Crippen LogP contribution in [0.5, 0.6) is 34.5 Å². The lowest BCUT2D eigenvalue weighted by Gasteiger charge is -2.16. The van der Waals surface area contributed by atoms with Crippen molar-refractivity contribution in [1.29, 1.82) is 0 Å². The molecule has 0 aliphatic carbocycles. The van der Waals surface area contributed by atoms with Crippen LogP contribution in [-0.2, 0) is 0 Å². The molecule has 140 valence electrons. The van der Waals surface area contributed by atoms with Gasteiger partial charge in [-0.15, -0.1) is 0 Å². The highest BCUT2D eigenvalue weighted by Gasteiger charge is 2.26. The molecule has 1 aromatic heterocycles. The standard InChI is InChI=1S/C19H16O8/c1-22-17-15(21)14-10(20)7-12(27-16(14)18(23-2)19(17)24-3)9-4-5-11-13(6-9)26-8-25-11/h4-7,21H,8H2,1-3H3. The van der Waals surface area contributed by atoms with E-state index in [-0.39, 0.29) is 46.5 Å². The minimum Gasteiger partial charge on any atom is -0.504 e. The van der Waals surface area contributed by atoms with Gasteiger partial charge in [-0.3, -0.25) is 4.79 Å². The Labute approximate surface area is 153 Å². The van der Waals surface area contributed by atoms with Crippen LogP contribution in [0.25, 0.3) is 22.3 Å². The third kappa shape index (κ3) is 2.49. The highest BCUT2D eigenvalue weighted by molar-refractivity contribution is 5.95. The van der Waals surface area contributed by atoms with Crippen molar-refractivity contribution in [2.45, 2.75) is 0 Å². The van der Waals surface area contributed by atoms with Crippen molar-refractivity contribution in [1.82, 2.24) is 0 Å². The van der Waals surface area contributed by atoms with E-state index in [9.17, 15) is 9.90 Å².